The maximum Gasteiger partial charge on any atom is 0.258 e. The molecule has 1 aromatic carbocycles. The Labute approximate surface area is 160 Å². The maximum absolute atomic E-state index is 12.3. The third-order valence-corrected chi connectivity index (χ3v) is 4.47. The third kappa shape index (κ3) is 4.60. The van der Waals surface area contributed by atoms with Gasteiger partial charge < -0.3 is 15.5 Å². The summed E-state index contributed by atoms with van der Waals surface area (Å²) in [6.07, 6.45) is 1.78. The fourth-order valence-electron chi connectivity index (χ4n) is 2.43. The van der Waals surface area contributed by atoms with Crippen molar-refractivity contribution in [3.8, 4) is 0 Å². The Morgan fingerprint density at radius 1 is 1.25 bits per heavy atom. The van der Waals surface area contributed by atoms with E-state index in [0.29, 0.717) is 16.4 Å². The van der Waals surface area contributed by atoms with Crippen LogP contribution in [0.4, 0.5) is 11.5 Å². The van der Waals surface area contributed by atoms with Crippen molar-refractivity contribution >= 4 is 57.4 Å². The van der Waals surface area contributed by atoms with Crippen molar-refractivity contribution in [3.05, 3.63) is 51.6 Å². The van der Waals surface area contributed by atoms with Crippen LogP contribution in [0.1, 0.15) is 10.4 Å². The fourth-order valence-corrected chi connectivity index (χ4v) is 2.99. The van der Waals surface area contributed by atoms with Crippen molar-refractivity contribution in [2.75, 3.05) is 36.4 Å². The zero-order chi connectivity index (χ0) is 16.2. The van der Waals surface area contributed by atoms with Crippen LogP contribution in [0.15, 0.2) is 41.0 Å². The summed E-state index contributed by atoms with van der Waals surface area (Å²) in [7, 11) is 0. The lowest BCUT2D eigenvalue weighted by molar-refractivity contribution is 0.102. The molecular formula is C16H17BrCl2N4O. The minimum atomic E-state index is -0.279. The van der Waals surface area contributed by atoms with E-state index in [0.717, 1.165) is 36.3 Å². The number of anilines is 2. The fraction of sp³-hybridized carbons (Fsp3) is 0.250. The highest BCUT2D eigenvalue weighted by atomic mass is 79.9. The lowest BCUT2D eigenvalue weighted by Gasteiger charge is -2.29. The molecule has 8 heteroatoms. The number of carbonyl (C=O) groups excluding carboxylic acids is 1. The second kappa shape index (κ2) is 8.67. The van der Waals surface area contributed by atoms with E-state index in [2.05, 4.69) is 36.4 Å². The molecule has 24 heavy (non-hydrogen) atoms. The van der Waals surface area contributed by atoms with Gasteiger partial charge in [-0.05, 0) is 30.3 Å². The monoisotopic (exact) mass is 430 g/mol. The van der Waals surface area contributed by atoms with E-state index < -0.39 is 0 Å². The predicted octanol–water partition coefficient (Wildman–Crippen LogP) is 3.58. The summed E-state index contributed by atoms with van der Waals surface area (Å²) >= 11 is 9.41. The Morgan fingerprint density at radius 2 is 2.00 bits per heavy atom. The lowest BCUT2D eigenvalue weighted by atomic mass is 10.2. The second-order valence-electron chi connectivity index (χ2n) is 5.22. The van der Waals surface area contributed by atoms with Gasteiger partial charge in [-0.15, -0.1) is 12.4 Å². The molecule has 2 aromatic rings. The summed E-state index contributed by atoms with van der Waals surface area (Å²) in [6, 6.07) is 8.94. The van der Waals surface area contributed by atoms with E-state index >= 15 is 0 Å². The first-order valence-electron chi connectivity index (χ1n) is 7.31. The molecule has 0 aliphatic carbocycles. The standard InChI is InChI=1S/C16H16BrClN4O.ClH/c17-11-1-3-14(18)13(9-11)16(23)21-15-4-2-12(10-20-15)22-7-5-19-6-8-22;/h1-4,9-10,19H,5-8H2,(H,20,21,23);1H. The lowest BCUT2D eigenvalue weighted by Crippen LogP contribution is -2.43. The summed E-state index contributed by atoms with van der Waals surface area (Å²) in [6.45, 7) is 3.86. The molecule has 1 aliphatic rings. The average molecular weight is 432 g/mol. The smallest absolute Gasteiger partial charge is 0.258 e. The molecular weight excluding hydrogens is 415 g/mol. The number of aromatic nitrogens is 1. The first kappa shape index (κ1) is 19.0. The van der Waals surface area contributed by atoms with Crippen molar-refractivity contribution < 1.29 is 4.79 Å². The number of nitrogens with one attached hydrogen (secondary N) is 2. The van der Waals surface area contributed by atoms with Crippen LogP contribution in [-0.2, 0) is 0 Å². The Kier molecular flexibility index (Phi) is 6.86. The molecule has 0 bridgehead atoms. The normalized spacial score (nSPS) is 14.0. The molecule has 0 saturated carbocycles. The van der Waals surface area contributed by atoms with Gasteiger partial charge in [0.1, 0.15) is 5.82 Å². The van der Waals surface area contributed by atoms with Crippen LogP contribution >= 0.6 is 39.9 Å². The molecule has 1 aliphatic heterocycles. The van der Waals surface area contributed by atoms with Crippen LogP contribution in [0.25, 0.3) is 0 Å². The van der Waals surface area contributed by atoms with Crippen LogP contribution in [0, 0.1) is 0 Å². The van der Waals surface area contributed by atoms with Gasteiger partial charge in [0, 0.05) is 30.7 Å². The third-order valence-electron chi connectivity index (χ3n) is 3.64. The second-order valence-corrected chi connectivity index (χ2v) is 6.54. The van der Waals surface area contributed by atoms with Gasteiger partial charge in [0.2, 0.25) is 0 Å². The number of rotatable bonds is 3. The maximum atomic E-state index is 12.3. The van der Waals surface area contributed by atoms with Crippen LogP contribution in [-0.4, -0.2) is 37.1 Å². The Hall–Kier alpha value is -1.34. The van der Waals surface area contributed by atoms with Gasteiger partial charge >= 0.3 is 0 Å². The topological polar surface area (TPSA) is 57.3 Å². The van der Waals surface area contributed by atoms with Gasteiger partial charge in [0.15, 0.2) is 0 Å². The van der Waals surface area contributed by atoms with E-state index in [1.807, 2.05) is 6.07 Å². The van der Waals surface area contributed by atoms with Crippen molar-refractivity contribution in [1.29, 1.82) is 0 Å². The largest absolute Gasteiger partial charge is 0.368 e. The molecule has 128 valence electrons. The van der Waals surface area contributed by atoms with Crippen molar-refractivity contribution in [2.24, 2.45) is 0 Å². The number of pyridine rings is 1. The summed E-state index contributed by atoms with van der Waals surface area (Å²) in [4.78, 5) is 18.9. The number of nitrogens with zero attached hydrogens (tertiary/aromatic N) is 2. The van der Waals surface area contributed by atoms with Crippen molar-refractivity contribution in [2.45, 2.75) is 0 Å². The highest BCUT2D eigenvalue weighted by Gasteiger charge is 2.13. The average Bonchev–Trinajstić information content (AvgIpc) is 2.58. The number of hydrogen-bond acceptors (Lipinski definition) is 4. The highest BCUT2D eigenvalue weighted by molar-refractivity contribution is 9.10. The number of carbonyl (C=O) groups is 1. The van der Waals surface area contributed by atoms with E-state index in [1.165, 1.54) is 0 Å². The zero-order valence-corrected chi connectivity index (χ0v) is 15.9. The molecule has 5 nitrogen and oxygen atoms in total. The molecule has 0 unspecified atom stereocenters. The van der Waals surface area contributed by atoms with Crippen LogP contribution in [0.3, 0.4) is 0 Å². The first-order chi connectivity index (χ1) is 11.1. The first-order valence-corrected chi connectivity index (χ1v) is 8.49. The summed E-state index contributed by atoms with van der Waals surface area (Å²) in [5.41, 5.74) is 1.47. The number of piperazine rings is 1. The van der Waals surface area contributed by atoms with Gasteiger partial charge in [0.25, 0.3) is 5.91 Å². The van der Waals surface area contributed by atoms with Crippen molar-refractivity contribution in [1.82, 2.24) is 10.3 Å². The molecule has 1 saturated heterocycles. The quantitative estimate of drug-likeness (QED) is 0.779. The minimum Gasteiger partial charge on any atom is -0.368 e. The molecule has 1 aromatic heterocycles. The SMILES string of the molecule is Cl.O=C(Nc1ccc(N2CCNCC2)cn1)c1cc(Br)ccc1Cl. The van der Waals surface area contributed by atoms with Gasteiger partial charge in [-0.25, -0.2) is 4.98 Å². The van der Waals surface area contributed by atoms with E-state index in [4.69, 9.17) is 11.6 Å². The van der Waals surface area contributed by atoms with Gasteiger partial charge in [0.05, 0.1) is 22.5 Å². The van der Waals surface area contributed by atoms with Gasteiger partial charge in [-0.3, -0.25) is 4.79 Å². The zero-order valence-electron chi connectivity index (χ0n) is 12.8. The highest BCUT2D eigenvalue weighted by Crippen LogP contribution is 2.22. The number of benzene rings is 1. The summed E-state index contributed by atoms with van der Waals surface area (Å²) in [5.74, 6) is 0.226. The minimum absolute atomic E-state index is 0. The number of amides is 1. The Balaban J connectivity index is 0.00000208. The molecule has 1 amide bonds. The van der Waals surface area contributed by atoms with E-state index in [1.54, 1.807) is 30.5 Å². The molecule has 0 atom stereocenters. The number of halogens is 3. The predicted molar refractivity (Wildman–Crippen MR) is 104 cm³/mol. The molecule has 2 heterocycles. The van der Waals surface area contributed by atoms with Crippen LogP contribution in [0.5, 0.6) is 0 Å². The number of hydrogen-bond donors (Lipinski definition) is 2. The van der Waals surface area contributed by atoms with Crippen LogP contribution in [0.2, 0.25) is 5.02 Å². The molecule has 3 rings (SSSR count). The molecule has 1 fully saturated rings. The Bertz CT molecular complexity index is 706. The van der Waals surface area contributed by atoms with Gasteiger partial charge in [-0.1, -0.05) is 27.5 Å². The Morgan fingerprint density at radius 3 is 2.67 bits per heavy atom. The molecule has 2 N–H and O–H groups in total. The van der Waals surface area contributed by atoms with Crippen molar-refractivity contribution in [3.63, 3.8) is 0 Å². The molecule has 0 spiro atoms. The molecule has 0 radical (unpaired) electrons. The summed E-state index contributed by atoms with van der Waals surface area (Å²) in [5, 5.41) is 6.49. The van der Waals surface area contributed by atoms with E-state index in [-0.39, 0.29) is 18.3 Å². The van der Waals surface area contributed by atoms with Crippen LogP contribution < -0.4 is 15.5 Å². The van der Waals surface area contributed by atoms with Gasteiger partial charge in [-0.2, -0.15) is 0 Å². The van der Waals surface area contributed by atoms with E-state index in [9.17, 15) is 4.79 Å². The summed E-state index contributed by atoms with van der Waals surface area (Å²) < 4.78 is 0.800.